The van der Waals surface area contributed by atoms with E-state index in [1.807, 2.05) is 19.1 Å². The van der Waals surface area contributed by atoms with Gasteiger partial charge in [0.2, 0.25) is 5.91 Å². The van der Waals surface area contributed by atoms with Gasteiger partial charge in [0.05, 0.1) is 16.6 Å². The monoisotopic (exact) mass is 510 g/mol. The van der Waals surface area contributed by atoms with Crippen molar-refractivity contribution in [2.24, 2.45) is 0 Å². The number of amides is 1. The Bertz CT molecular complexity index is 1360. The van der Waals surface area contributed by atoms with Crippen molar-refractivity contribution in [3.8, 4) is 23.0 Å². The molecule has 1 amide bonds. The Kier molecular flexibility index (Phi) is 6.60. The molecule has 0 fully saturated rings. The van der Waals surface area contributed by atoms with Crippen LogP contribution in [0, 0.1) is 0 Å². The van der Waals surface area contributed by atoms with E-state index in [4.69, 9.17) is 18.9 Å². The zero-order valence-corrected chi connectivity index (χ0v) is 20.5. The highest BCUT2D eigenvalue weighted by molar-refractivity contribution is 7.92. The molecule has 0 aromatic heterocycles. The van der Waals surface area contributed by atoms with Crippen LogP contribution in [0.15, 0.2) is 71.6 Å². The van der Waals surface area contributed by atoms with Crippen molar-refractivity contribution in [3.63, 3.8) is 0 Å². The molecule has 0 unspecified atom stereocenters. The standard InChI is InChI=1S/C26H26N2O7S/c1-18(19-7-9-22-24(15-19)34-13-11-32-22)27-26(29)17-28(36(30,31)21-5-3-2-4-6-21)20-8-10-23-25(16-20)35-14-12-33-23/h2-10,15-16,18H,11-14,17H2,1H3,(H,27,29)/t18-/m1/s1. The number of nitrogens with one attached hydrogen (secondary N) is 1. The highest BCUT2D eigenvalue weighted by Crippen LogP contribution is 2.36. The maximum atomic E-state index is 13.6. The number of carbonyl (C=O) groups excluding carboxylic acids is 1. The van der Waals surface area contributed by atoms with Crippen LogP contribution in [0.25, 0.3) is 0 Å². The summed E-state index contributed by atoms with van der Waals surface area (Å²) in [6.07, 6.45) is 0. The normalized spacial score (nSPS) is 15.0. The highest BCUT2D eigenvalue weighted by Gasteiger charge is 2.29. The molecule has 3 aromatic carbocycles. The smallest absolute Gasteiger partial charge is 0.264 e. The third-order valence-corrected chi connectivity index (χ3v) is 7.66. The molecule has 0 saturated heterocycles. The van der Waals surface area contributed by atoms with Gasteiger partial charge in [0, 0.05) is 6.07 Å². The molecule has 5 rings (SSSR count). The number of nitrogens with zero attached hydrogens (tertiary/aromatic N) is 1. The molecule has 0 aliphatic carbocycles. The van der Waals surface area contributed by atoms with Crippen molar-refractivity contribution in [2.45, 2.75) is 17.9 Å². The molecule has 9 nitrogen and oxygen atoms in total. The van der Waals surface area contributed by atoms with Gasteiger partial charge in [0.1, 0.15) is 33.0 Å². The lowest BCUT2D eigenvalue weighted by Crippen LogP contribution is -2.41. The third-order valence-electron chi connectivity index (χ3n) is 5.88. The Hall–Kier alpha value is -3.92. The summed E-state index contributed by atoms with van der Waals surface area (Å²) in [5.74, 6) is 1.76. The molecular weight excluding hydrogens is 484 g/mol. The summed E-state index contributed by atoms with van der Waals surface area (Å²) >= 11 is 0. The molecular formula is C26H26N2O7S. The molecule has 0 radical (unpaired) electrons. The molecule has 36 heavy (non-hydrogen) atoms. The second kappa shape index (κ2) is 9.98. The summed E-state index contributed by atoms with van der Waals surface area (Å²) in [7, 11) is -4.05. The summed E-state index contributed by atoms with van der Waals surface area (Å²) in [6, 6.07) is 17.9. The Labute approximate surface area is 209 Å². The Morgan fingerprint density at radius 1 is 0.833 bits per heavy atom. The molecule has 1 N–H and O–H groups in total. The minimum absolute atomic E-state index is 0.0765. The van der Waals surface area contributed by atoms with Gasteiger partial charge >= 0.3 is 0 Å². The minimum atomic E-state index is -4.05. The largest absolute Gasteiger partial charge is 0.486 e. The Morgan fingerprint density at radius 3 is 2.08 bits per heavy atom. The van der Waals surface area contributed by atoms with Gasteiger partial charge in [0.25, 0.3) is 10.0 Å². The van der Waals surface area contributed by atoms with Crippen LogP contribution < -0.4 is 28.6 Å². The fraction of sp³-hybridized carbons (Fsp3) is 0.269. The van der Waals surface area contributed by atoms with Crippen molar-refractivity contribution in [1.29, 1.82) is 0 Å². The minimum Gasteiger partial charge on any atom is -0.486 e. The Morgan fingerprint density at radius 2 is 1.42 bits per heavy atom. The fourth-order valence-corrected chi connectivity index (χ4v) is 5.49. The first kappa shape index (κ1) is 23.8. The summed E-state index contributed by atoms with van der Waals surface area (Å²) in [4.78, 5) is 13.2. The van der Waals surface area contributed by atoms with Crippen LogP contribution in [-0.2, 0) is 14.8 Å². The van der Waals surface area contributed by atoms with E-state index < -0.39 is 28.5 Å². The molecule has 188 valence electrons. The molecule has 0 spiro atoms. The second-order valence-electron chi connectivity index (χ2n) is 8.34. The molecule has 0 saturated carbocycles. The van der Waals surface area contributed by atoms with E-state index in [0.29, 0.717) is 55.1 Å². The van der Waals surface area contributed by atoms with E-state index in [-0.39, 0.29) is 4.90 Å². The molecule has 1 atom stereocenters. The quantitative estimate of drug-likeness (QED) is 0.520. The van der Waals surface area contributed by atoms with Crippen molar-refractivity contribution < 1.29 is 32.2 Å². The van der Waals surface area contributed by atoms with Crippen LogP contribution in [-0.4, -0.2) is 47.3 Å². The topological polar surface area (TPSA) is 103 Å². The van der Waals surface area contributed by atoms with Crippen molar-refractivity contribution in [1.82, 2.24) is 5.32 Å². The number of rotatable bonds is 7. The lowest BCUT2D eigenvalue weighted by molar-refractivity contribution is -0.120. The van der Waals surface area contributed by atoms with Gasteiger partial charge in [-0.3, -0.25) is 9.10 Å². The Balaban J connectivity index is 1.40. The number of carbonyl (C=O) groups is 1. The number of hydrogen-bond acceptors (Lipinski definition) is 7. The zero-order valence-electron chi connectivity index (χ0n) is 19.7. The van der Waals surface area contributed by atoms with E-state index in [9.17, 15) is 13.2 Å². The van der Waals surface area contributed by atoms with Gasteiger partial charge in [-0.05, 0) is 48.9 Å². The SMILES string of the molecule is C[C@@H](NC(=O)CN(c1ccc2c(c1)OCCO2)S(=O)(=O)c1ccccc1)c1ccc2c(c1)OCCO2. The van der Waals surface area contributed by atoms with Crippen LogP contribution in [0.3, 0.4) is 0 Å². The number of sulfonamides is 1. The molecule has 2 heterocycles. The molecule has 0 bridgehead atoms. The van der Waals surface area contributed by atoms with Crippen LogP contribution >= 0.6 is 0 Å². The highest BCUT2D eigenvalue weighted by atomic mass is 32.2. The lowest BCUT2D eigenvalue weighted by atomic mass is 10.1. The summed E-state index contributed by atoms with van der Waals surface area (Å²) in [6.45, 7) is 3.12. The fourth-order valence-electron chi connectivity index (χ4n) is 4.05. The predicted octanol–water partition coefficient (Wildman–Crippen LogP) is 3.30. The first-order valence-electron chi connectivity index (χ1n) is 11.6. The summed E-state index contributed by atoms with van der Waals surface area (Å²) in [5.41, 5.74) is 1.11. The molecule has 2 aliphatic rings. The number of benzene rings is 3. The molecule has 2 aliphatic heterocycles. The van der Waals surface area contributed by atoms with Crippen LogP contribution in [0.4, 0.5) is 5.69 Å². The van der Waals surface area contributed by atoms with E-state index in [2.05, 4.69) is 5.32 Å². The van der Waals surface area contributed by atoms with Gasteiger partial charge in [-0.2, -0.15) is 0 Å². The first-order valence-corrected chi connectivity index (χ1v) is 13.0. The summed E-state index contributed by atoms with van der Waals surface area (Å²) < 4.78 is 50.7. The van der Waals surface area contributed by atoms with Crippen LogP contribution in [0.2, 0.25) is 0 Å². The van der Waals surface area contributed by atoms with Gasteiger partial charge in [-0.1, -0.05) is 24.3 Å². The van der Waals surface area contributed by atoms with Crippen molar-refractivity contribution in [2.75, 3.05) is 37.3 Å². The predicted molar refractivity (Wildman–Crippen MR) is 132 cm³/mol. The van der Waals surface area contributed by atoms with Gasteiger partial charge in [-0.25, -0.2) is 8.42 Å². The number of anilines is 1. The first-order chi connectivity index (χ1) is 17.4. The van der Waals surface area contributed by atoms with E-state index in [1.54, 1.807) is 42.5 Å². The number of ether oxygens (including phenoxy) is 4. The van der Waals surface area contributed by atoms with Gasteiger partial charge in [0.15, 0.2) is 23.0 Å². The van der Waals surface area contributed by atoms with Crippen LogP contribution in [0.5, 0.6) is 23.0 Å². The van der Waals surface area contributed by atoms with E-state index in [1.165, 1.54) is 12.1 Å². The maximum Gasteiger partial charge on any atom is 0.264 e. The second-order valence-corrected chi connectivity index (χ2v) is 10.2. The lowest BCUT2D eigenvalue weighted by Gasteiger charge is -2.27. The van der Waals surface area contributed by atoms with E-state index in [0.717, 1.165) is 9.87 Å². The van der Waals surface area contributed by atoms with Crippen molar-refractivity contribution in [3.05, 3.63) is 72.3 Å². The average Bonchev–Trinajstić information content (AvgIpc) is 2.91. The number of hydrogen-bond donors (Lipinski definition) is 1. The van der Waals surface area contributed by atoms with E-state index >= 15 is 0 Å². The van der Waals surface area contributed by atoms with Crippen LogP contribution in [0.1, 0.15) is 18.5 Å². The summed E-state index contributed by atoms with van der Waals surface area (Å²) in [5, 5.41) is 2.89. The third kappa shape index (κ3) is 4.90. The molecule has 10 heteroatoms. The maximum absolute atomic E-state index is 13.6. The van der Waals surface area contributed by atoms with Gasteiger partial charge < -0.3 is 24.3 Å². The zero-order chi connectivity index (χ0) is 25.1. The van der Waals surface area contributed by atoms with Crippen molar-refractivity contribution >= 4 is 21.6 Å². The van der Waals surface area contributed by atoms with Gasteiger partial charge in [-0.15, -0.1) is 0 Å². The average molecular weight is 511 g/mol. The molecule has 3 aromatic rings. The number of fused-ring (bicyclic) bond motifs is 2.